The maximum absolute atomic E-state index is 12.6. The molecule has 9 nitrogen and oxygen atoms in total. The Hall–Kier alpha value is -3.34. The molecule has 0 saturated carbocycles. The summed E-state index contributed by atoms with van der Waals surface area (Å²) in [7, 11) is -3.59. The van der Waals surface area contributed by atoms with Crippen LogP contribution in [0.3, 0.4) is 0 Å². The number of ether oxygens (including phenoxy) is 2. The lowest BCUT2D eigenvalue weighted by Crippen LogP contribution is -2.40. The van der Waals surface area contributed by atoms with Gasteiger partial charge in [0.15, 0.2) is 6.73 Å². The number of morpholine rings is 1. The summed E-state index contributed by atoms with van der Waals surface area (Å²) in [4.78, 5) is 37.6. The second kappa shape index (κ2) is 9.03. The summed E-state index contributed by atoms with van der Waals surface area (Å²) in [5.74, 6) is -1.77. The Labute approximate surface area is 184 Å². The first-order valence-electron chi connectivity index (χ1n) is 9.86. The maximum Gasteiger partial charge on any atom is 0.332 e. The number of benzene rings is 2. The number of esters is 1. The van der Waals surface area contributed by atoms with E-state index in [-0.39, 0.29) is 16.0 Å². The van der Waals surface area contributed by atoms with Crippen LogP contribution in [0.15, 0.2) is 59.5 Å². The van der Waals surface area contributed by atoms with Gasteiger partial charge in [0.05, 0.1) is 29.2 Å². The van der Waals surface area contributed by atoms with E-state index in [0.717, 1.165) is 11.0 Å². The lowest BCUT2D eigenvalue weighted by Gasteiger charge is -2.26. The van der Waals surface area contributed by atoms with Crippen LogP contribution in [0.4, 0.5) is 0 Å². The fraction of sp³-hybridized carbons (Fsp3) is 0.227. The van der Waals surface area contributed by atoms with Gasteiger partial charge in [-0.1, -0.05) is 24.3 Å². The van der Waals surface area contributed by atoms with Gasteiger partial charge in [0.2, 0.25) is 10.0 Å². The highest BCUT2D eigenvalue weighted by molar-refractivity contribution is 7.89. The molecule has 0 aromatic heterocycles. The van der Waals surface area contributed by atoms with Crippen LogP contribution in [-0.4, -0.2) is 68.4 Å². The number of hydrogen-bond acceptors (Lipinski definition) is 7. The van der Waals surface area contributed by atoms with E-state index in [4.69, 9.17) is 9.47 Å². The second-order valence-electron chi connectivity index (χ2n) is 7.10. The molecular weight excluding hydrogens is 436 g/mol. The molecule has 0 unspecified atom stereocenters. The monoisotopic (exact) mass is 456 g/mol. The highest BCUT2D eigenvalue weighted by Gasteiger charge is 2.35. The Morgan fingerprint density at radius 2 is 1.56 bits per heavy atom. The van der Waals surface area contributed by atoms with Crippen LogP contribution >= 0.6 is 0 Å². The number of nitrogens with zero attached hydrogens (tertiary/aromatic N) is 2. The third kappa shape index (κ3) is 4.33. The standard InChI is InChI=1S/C22H20N2O7S/c25-20(31-15-24-21(26)18-3-1-2-4-19(18)22(24)27)10-7-16-5-8-17(9-6-16)32(28,29)23-11-13-30-14-12-23/h1-10H,11-15H2/b10-7+. The first kappa shape index (κ1) is 21.9. The molecule has 2 heterocycles. The van der Waals surface area contributed by atoms with Gasteiger partial charge in [-0.05, 0) is 35.9 Å². The predicted molar refractivity (Wildman–Crippen MR) is 113 cm³/mol. The van der Waals surface area contributed by atoms with E-state index in [9.17, 15) is 22.8 Å². The quantitative estimate of drug-likeness (QED) is 0.368. The van der Waals surface area contributed by atoms with E-state index in [1.54, 1.807) is 36.4 Å². The second-order valence-corrected chi connectivity index (χ2v) is 9.03. The largest absolute Gasteiger partial charge is 0.441 e. The topological polar surface area (TPSA) is 110 Å². The van der Waals surface area contributed by atoms with Crippen LogP contribution in [0, 0.1) is 0 Å². The molecule has 0 aliphatic carbocycles. The molecule has 10 heteroatoms. The zero-order valence-electron chi connectivity index (χ0n) is 17.0. The Morgan fingerprint density at radius 3 is 2.16 bits per heavy atom. The van der Waals surface area contributed by atoms with Gasteiger partial charge in [-0.25, -0.2) is 18.1 Å². The van der Waals surface area contributed by atoms with E-state index >= 15 is 0 Å². The molecule has 2 aliphatic heterocycles. The average molecular weight is 456 g/mol. The zero-order chi connectivity index (χ0) is 22.7. The van der Waals surface area contributed by atoms with Crippen molar-refractivity contribution in [3.8, 4) is 0 Å². The van der Waals surface area contributed by atoms with Crippen molar-refractivity contribution in [3.63, 3.8) is 0 Å². The summed E-state index contributed by atoms with van der Waals surface area (Å²) in [6, 6.07) is 12.5. The Bertz CT molecular complexity index is 1150. The van der Waals surface area contributed by atoms with Crippen molar-refractivity contribution in [2.75, 3.05) is 33.0 Å². The first-order chi connectivity index (χ1) is 15.4. The molecule has 0 atom stereocenters. The van der Waals surface area contributed by atoms with Crippen molar-refractivity contribution in [1.29, 1.82) is 0 Å². The molecule has 32 heavy (non-hydrogen) atoms. The van der Waals surface area contributed by atoms with Gasteiger partial charge < -0.3 is 9.47 Å². The summed E-state index contributed by atoms with van der Waals surface area (Å²) in [5, 5.41) is 0. The number of rotatable bonds is 6. The van der Waals surface area contributed by atoms with Crippen molar-refractivity contribution in [2.24, 2.45) is 0 Å². The Kier molecular flexibility index (Phi) is 6.17. The molecule has 2 amide bonds. The average Bonchev–Trinajstić information content (AvgIpc) is 3.07. The first-order valence-corrected chi connectivity index (χ1v) is 11.3. The van der Waals surface area contributed by atoms with Gasteiger partial charge in [-0.3, -0.25) is 9.59 Å². The number of imide groups is 1. The van der Waals surface area contributed by atoms with Crippen LogP contribution in [0.25, 0.3) is 6.08 Å². The lowest BCUT2D eigenvalue weighted by molar-refractivity contribution is -0.140. The molecule has 1 saturated heterocycles. The number of fused-ring (bicyclic) bond motifs is 1. The minimum Gasteiger partial charge on any atom is -0.441 e. The third-order valence-electron chi connectivity index (χ3n) is 5.11. The van der Waals surface area contributed by atoms with Gasteiger partial charge in [-0.15, -0.1) is 0 Å². The SMILES string of the molecule is O=C(/C=C/c1ccc(S(=O)(=O)N2CCOCC2)cc1)OCN1C(=O)c2ccccc2C1=O. The van der Waals surface area contributed by atoms with Gasteiger partial charge in [0, 0.05) is 19.2 Å². The van der Waals surface area contributed by atoms with Crippen LogP contribution in [0.5, 0.6) is 0 Å². The summed E-state index contributed by atoms with van der Waals surface area (Å²) in [5.41, 5.74) is 1.14. The van der Waals surface area contributed by atoms with Crippen molar-refractivity contribution >= 4 is 33.9 Å². The molecule has 0 spiro atoms. The third-order valence-corrected chi connectivity index (χ3v) is 7.03. The minimum absolute atomic E-state index is 0.157. The highest BCUT2D eigenvalue weighted by atomic mass is 32.2. The van der Waals surface area contributed by atoms with Crippen LogP contribution < -0.4 is 0 Å². The van der Waals surface area contributed by atoms with E-state index in [1.165, 1.54) is 22.5 Å². The number of amides is 2. The summed E-state index contributed by atoms with van der Waals surface area (Å²) < 4.78 is 36.8. The number of sulfonamides is 1. The van der Waals surface area contributed by atoms with Crippen LogP contribution in [-0.2, 0) is 24.3 Å². The van der Waals surface area contributed by atoms with Gasteiger partial charge in [0.25, 0.3) is 11.8 Å². The fourth-order valence-electron chi connectivity index (χ4n) is 3.38. The normalized spacial score (nSPS) is 17.1. The summed E-state index contributed by atoms with van der Waals surface area (Å²) >= 11 is 0. The number of hydrogen-bond donors (Lipinski definition) is 0. The number of carbonyl (C=O) groups is 3. The van der Waals surface area contributed by atoms with E-state index in [0.29, 0.717) is 31.9 Å². The summed E-state index contributed by atoms with van der Waals surface area (Å²) in [6.07, 6.45) is 2.60. The van der Waals surface area contributed by atoms with Crippen molar-refractivity contribution in [2.45, 2.75) is 4.90 Å². The molecule has 2 aliphatic rings. The molecule has 2 aromatic carbocycles. The molecule has 0 radical (unpaired) electrons. The molecular formula is C22H20N2O7S. The smallest absolute Gasteiger partial charge is 0.332 e. The van der Waals surface area contributed by atoms with Crippen molar-refractivity contribution < 1.29 is 32.3 Å². The van der Waals surface area contributed by atoms with Crippen molar-refractivity contribution in [1.82, 2.24) is 9.21 Å². The molecule has 4 rings (SSSR count). The van der Waals surface area contributed by atoms with E-state index in [2.05, 4.69) is 0 Å². The lowest BCUT2D eigenvalue weighted by atomic mass is 10.1. The Balaban J connectivity index is 1.34. The Morgan fingerprint density at radius 1 is 0.969 bits per heavy atom. The predicted octanol–water partition coefficient (Wildman–Crippen LogP) is 1.52. The maximum atomic E-state index is 12.6. The van der Waals surface area contributed by atoms with Gasteiger partial charge in [-0.2, -0.15) is 4.31 Å². The van der Waals surface area contributed by atoms with Crippen LogP contribution in [0.2, 0.25) is 0 Å². The van der Waals surface area contributed by atoms with E-state index in [1.807, 2.05) is 0 Å². The van der Waals surface area contributed by atoms with Crippen LogP contribution in [0.1, 0.15) is 26.3 Å². The number of carbonyl (C=O) groups excluding carboxylic acids is 3. The molecule has 0 bridgehead atoms. The molecule has 2 aromatic rings. The molecule has 166 valence electrons. The molecule has 1 fully saturated rings. The highest BCUT2D eigenvalue weighted by Crippen LogP contribution is 2.22. The molecule has 0 N–H and O–H groups in total. The van der Waals surface area contributed by atoms with Gasteiger partial charge >= 0.3 is 5.97 Å². The zero-order valence-corrected chi connectivity index (χ0v) is 17.8. The van der Waals surface area contributed by atoms with Crippen molar-refractivity contribution in [3.05, 3.63) is 71.3 Å². The minimum atomic E-state index is -3.59. The fourth-order valence-corrected chi connectivity index (χ4v) is 4.79. The summed E-state index contributed by atoms with van der Waals surface area (Å²) in [6.45, 7) is 0.851. The van der Waals surface area contributed by atoms with Gasteiger partial charge in [0.1, 0.15) is 0 Å². The van der Waals surface area contributed by atoms with E-state index < -0.39 is 34.5 Å².